The summed E-state index contributed by atoms with van der Waals surface area (Å²) in [6.07, 6.45) is -10.9. The Balaban J connectivity index is 5.41. The summed E-state index contributed by atoms with van der Waals surface area (Å²) < 4.78 is 83.2. The van der Waals surface area contributed by atoms with E-state index in [9.17, 15) is 30.7 Å². The van der Waals surface area contributed by atoms with Crippen molar-refractivity contribution in [3.8, 4) is 0 Å². The van der Waals surface area contributed by atoms with Gasteiger partial charge in [-0.1, -0.05) is 13.8 Å². The molecule has 14 heavy (non-hydrogen) atoms. The van der Waals surface area contributed by atoms with E-state index in [0.29, 0.717) is 0 Å². The molecule has 0 unspecified atom stereocenters. The third-order valence-corrected chi connectivity index (χ3v) is 1.37. The highest BCUT2D eigenvalue weighted by atomic mass is 19.4. The molecule has 0 bridgehead atoms. The van der Waals surface area contributed by atoms with Gasteiger partial charge in [0.15, 0.2) is 0 Å². The van der Waals surface area contributed by atoms with Gasteiger partial charge in [-0.05, 0) is 5.92 Å². The molecule has 7 heteroatoms. The van der Waals surface area contributed by atoms with Crippen LogP contribution in [0.4, 0.5) is 30.7 Å². The SMILES string of the molecule is CC(C)/C(=C(\F)C(F)(F)F)C(F)(F)F. The van der Waals surface area contributed by atoms with Crippen molar-refractivity contribution < 1.29 is 30.7 Å². The Morgan fingerprint density at radius 1 is 0.857 bits per heavy atom. The zero-order valence-corrected chi connectivity index (χ0v) is 7.22. The van der Waals surface area contributed by atoms with Crippen LogP contribution < -0.4 is 0 Å². The molecule has 0 aromatic rings. The summed E-state index contributed by atoms with van der Waals surface area (Å²) in [6.45, 7) is 1.68. The summed E-state index contributed by atoms with van der Waals surface area (Å²) in [5.74, 6) is -4.64. The molecule has 0 aromatic carbocycles. The van der Waals surface area contributed by atoms with Crippen molar-refractivity contribution in [1.29, 1.82) is 0 Å². The second kappa shape index (κ2) is 3.78. The number of halogens is 7. The number of rotatable bonds is 1. The fourth-order valence-electron chi connectivity index (χ4n) is 0.858. The molecule has 0 aliphatic heterocycles. The maximum absolute atomic E-state index is 12.4. The van der Waals surface area contributed by atoms with Crippen molar-refractivity contribution in [3.63, 3.8) is 0 Å². The molecule has 0 aromatic heterocycles. The standard InChI is InChI=1S/C7H7F7/c1-3(2)4(6(9,10)11)5(8)7(12,13)14/h3H,1-2H3/b5-4+. The van der Waals surface area contributed by atoms with E-state index < -0.39 is 29.7 Å². The molecular weight excluding hydrogens is 217 g/mol. The molecule has 0 aliphatic rings. The Morgan fingerprint density at radius 2 is 1.21 bits per heavy atom. The lowest BCUT2D eigenvalue weighted by molar-refractivity contribution is -0.132. The Bertz CT molecular complexity index is 229. The van der Waals surface area contributed by atoms with Crippen molar-refractivity contribution in [2.24, 2.45) is 5.92 Å². The van der Waals surface area contributed by atoms with Crippen LogP contribution in [0.15, 0.2) is 11.4 Å². The number of allylic oxidation sites excluding steroid dienone is 2. The van der Waals surface area contributed by atoms with Gasteiger partial charge in [0.25, 0.3) is 0 Å². The predicted octanol–water partition coefficient (Wildman–Crippen LogP) is 3.99. The van der Waals surface area contributed by atoms with Crippen LogP contribution in [0, 0.1) is 5.92 Å². The zero-order valence-electron chi connectivity index (χ0n) is 7.22. The van der Waals surface area contributed by atoms with Crippen LogP contribution in [0.2, 0.25) is 0 Å². The molecule has 0 heterocycles. The van der Waals surface area contributed by atoms with Crippen molar-refractivity contribution in [3.05, 3.63) is 11.4 Å². The number of hydrogen-bond acceptors (Lipinski definition) is 0. The summed E-state index contributed by atoms with van der Waals surface area (Å²) in [5, 5.41) is 0. The van der Waals surface area contributed by atoms with E-state index in [2.05, 4.69) is 0 Å². The van der Waals surface area contributed by atoms with Crippen LogP contribution in [0.25, 0.3) is 0 Å². The van der Waals surface area contributed by atoms with Gasteiger partial charge < -0.3 is 0 Å². The van der Waals surface area contributed by atoms with Crippen molar-refractivity contribution in [2.75, 3.05) is 0 Å². The predicted molar refractivity (Wildman–Crippen MR) is 35.1 cm³/mol. The molecule has 84 valence electrons. The molecule has 0 aliphatic carbocycles. The van der Waals surface area contributed by atoms with Gasteiger partial charge in [-0.3, -0.25) is 0 Å². The highest BCUT2D eigenvalue weighted by Crippen LogP contribution is 2.40. The van der Waals surface area contributed by atoms with E-state index in [1.165, 1.54) is 0 Å². The first-order valence-corrected chi connectivity index (χ1v) is 3.52. The van der Waals surface area contributed by atoms with E-state index in [1.54, 1.807) is 0 Å². The fraction of sp³-hybridized carbons (Fsp3) is 0.714. The largest absolute Gasteiger partial charge is 0.443 e. The van der Waals surface area contributed by atoms with E-state index in [0.717, 1.165) is 13.8 Å². The van der Waals surface area contributed by atoms with E-state index in [4.69, 9.17) is 0 Å². The maximum Gasteiger partial charge on any atom is 0.443 e. The van der Waals surface area contributed by atoms with Crippen LogP contribution in [0.1, 0.15) is 13.8 Å². The van der Waals surface area contributed by atoms with Crippen molar-refractivity contribution in [2.45, 2.75) is 26.2 Å². The van der Waals surface area contributed by atoms with E-state index >= 15 is 0 Å². The summed E-state index contributed by atoms with van der Waals surface area (Å²) >= 11 is 0. The third kappa shape index (κ3) is 3.19. The molecule has 0 rings (SSSR count). The molecule has 0 fully saturated rings. The normalized spacial score (nSPS) is 15.9. The molecule has 0 saturated carbocycles. The minimum atomic E-state index is -5.59. The molecule has 0 nitrogen and oxygen atoms in total. The van der Waals surface area contributed by atoms with Crippen LogP contribution in [0.3, 0.4) is 0 Å². The van der Waals surface area contributed by atoms with Gasteiger partial charge in [0.05, 0.1) is 5.57 Å². The van der Waals surface area contributed by atoms with Gasteiger partial charge in [0.2, 0.25) is 5.83 Å². The first-order chi connectivity index (χ1) is 5.98. The molecule has 0 radical (unpaired) electrons. The van der Waals surface area contributed by atoms with E-state index in [1.807, 2.05) is 0 Å². The maximum atomic E-state index is 12.4. The molecule has 0 amide bonds. The van der Waals surface area contributed by atoms with Crippen LogP contribution in [0.5, 0.6) is 0 Å². The van der Waals surface area contributed by atoms with Gasteiger partial charge in [0.1, 0.15) is 0 Å². The zero-order chi connectivity index (χ0) is 11.7. The Hall–Kier alpha value is -0.750. The minimum Gasteiger partial charge on any atom is -0.201 e. The summed E-state index contributed by atoms with van der Waals surface area (Å²) in [6, 6.07) is 0. The summed E-state index contributed by atoms with van der Waals surface area (Å²) in [5.41, 5.74) is -2.18. The van der Waals surface area contributed by atoms with Gasteiger partial charge in [-0.15, -0.1) is 0 Å². The Labute approximate surface area is 75.4 Å². The quantitative estimate of drug-likeness (QED) is 0.590. The van der Waals surface area contributed by atoms with Gasteiger partial charge in [0, 0.05) is 0 Å². The average molecular weight is 224 g/mol. The Kier molecular flexibility index (Phi) is 3.58. The number of hydrogen-bond donors (Lipinski definition) is 0. The van der Waals surface area contributed by atoms with Gasteiger partial charge in [-0.2, -0.15) is 26.3 Å². The third-order valence-electron chi connectivity index (χ3n) is 1.37. The smallest absolute Gasteiger partial charge is 0.201 e. The first kappa shape index (κ1) is 13.2. The van der Waals surface area contributed by atoms with Crippen LogP contribution in [-0.2, 0) is 0 Å². The van der Waals surface area contributed by atoms with Crippen molar-refractivity contribution in [1.82, 2.24) is 0 Å². The van der Waals surface area contributed by atoms with Crippen molar-refractivity contribution >= 4 is 0 Å². The Morgan fingerprint density at radius 3 is 1.29 bits per heavy atom. The summed E-state index contributed by atoms with van der Waals surface area (Å²) in [4.78, 5) is 0. The molecule has 0 spiro atoms. The monoisotopic (exact) mass is 224 g/mol. The summed E-state index contributed by atoms with van der Waals surface area (Å²) in [7, 11) is 0. The molecule has 0 N–H and O–H groups in total. The van der Waals surface area contributed by atoms with E-state index in [-0.39, 0.29) is 0 Å². The van der Waals surface area contributed by atoms with Gasteiger partial charge >= 0.3 is 12.4 Å². The fourth-order valence-corrected chi connectivity index (χ4v) is 0.858. The van der Waals surface area contributed by atoms with Crippen LogP contribution >= 0.6 is 0 Å². The topological polar surface area (TPSA) is 0 Å². The first-order valence-electron chi connectivity index (χ1n) is 3.52. The lowest BCUT2D eigenvalue weighted by Crippen LogP contribution is -2.23. The second-order valence-corrected chi connectivity index (χ2v) is 2.88. The lowest BCUT2D eigenvalue weighted by atomic mass is 10.0. The highest BCUT2D eigenvalue weighted by molar-refractivity contribution is 5.19. The number of alkyl halides is 6. The van der Waals surface area contributed by atoms with Crippen LogP contribution in [-0.4, -0.2) is 12.4 Å². The average Bonchev–Trinajstić information content (AvgIpc) is 1.79. The molecule has 0 saturated heterocycles. The lowest BCUT2D eigenvalue weighted by Gasteiger charge is -2.17. The minimum absolute atomic E-state index is 0.841. The van der Waals surface area contributed by atoms with Gasteiger partial charge in [-0.25, -0.2) is 4.39 Å². The molecular formula is C7H7F7. The molecule has 0 atom stereocenters. The highest BCUT2D eigenvalue weighted by Gasteiger charge is 2.47. The second-order valence-electron chi connectivity index (χ2n) is 2.88.